The van der Waals surface area contributed by atoms with E-state index >= 15 is 0 Å². The van der Waals surface area contributed by atoms with Crippen LogP contribution in [0.3, 0.4) is 0 Å². The summed E-state index contributed by atoms with van der Waals surface area (Å²) in [5.74, 6) is 0. The van der Waals surface area contributed by atoms with Gasteiger partial charge in [0.2, 0.25) is 9.04 Å². The largest absolute Gasteiger partial charge is 0.459 e. The third-order valence-corrected chi connectivity index (χ3v) is 6.86. The van der Waals surface area contributed by atoms with Crippen molar-refractivity contribution in [1.29, 1.82) is 0 Å². The highest BCUT2D eigenvalue weighted by Crippen LogP contribution is 2.04. The number of hydrogen-bond donors (Lipinski definition) is 2. The maximum absolute atomic E-state index is 6.01. The number of anilines is 2. The first kappa shape index (κ1) is 11.9. The van der Waals surface area contributed by atoms with Gasteiger partial charge in [-0.3, -0.25) is 0 Å². The molecule has 2 aromatic rings. The standard InChI is InChI=1S/C12H16N2OSi2/c13-9-5-1-3-7-11(9)17(15-16)12-8-4-2-6-10(12)14/h1-8,17H,13-14H2,16H3. The summed E-state index contributed by atoms with van der Waals surface area (Å²) in [4.78, 5) is 0. The van der Waals surface area contributed by atoms with Crippen LogP contribution < -0.4 is 21.8 Å². The van der Waals surface area contributed by atoms with E-state index in [1.165, 1.54) is 0 Å². The van der Waals surface area contributed by atoms with E-state index in [2.05, 4.69) is 0 Å². The predicted molar refractivity (Wildman–Crippen MR) is 79.1 cm³/mol. The van der Waals surface area contributed by atoms with Gasteiger partial charge in [-0.15, -0.1) is 0 Å². The Balaban J connectivity index is 2.48. The second-order valence-corrected chi connectivity index (χ2v) is 7.76. The van der Waals surface area contributed by atoms with E-state index in [9.17, 15) is 0 Å². The van der Waals surface area contributed by atoms with Crippen LogP contribution in [-0.4, -0.2) is 19.5 Å². The van der Waals surface area contributed by atoms with E-state index < -0.39 is 9.04 Å². The summed E-state index contributed by atoms with van der Waals surface area (Å²) in [5, 5.41) is 2.22. The molecule has 0 aliphatic rings. The van der Waals surface area contributed by atoms with Crippen LogP contribution in [0.25, 0.3) is 0 Å². The van der Waals surface area contributed by atoms with Gasteiger partial charge in [-0.05, 0) is 22.5 Å². The lowest BCUT2D eigenvalue weighted by Crippen LogP contribution is -2.46. The molecule has 2 aromatic carbocycles. The summed E-state index contributed by atoms with van der Waals surface area (Å²) in [6.45, 7) is 0. The van der Waals surface area contributed by atoms with Crippen molar-refractivity contribution in [3.63, 3.8) is 0 Å². The van der Waals surface area contributed by atoms with Gasteiger partial charge in [0.05, 0.1) is 0 Å². The molecule has 2 rings (SSSR count). The van der Waals surface area contributed by atoms with Gasteiger partial charge in [0.25, 0.3) is 0 Å². The summed E-state index contributed by atoms with van der Waals surface area (Å²) in [6.07, 6.45) is 0. The van der Waals surface area contributed by atoms with E-state index in [1.54, 1.807) is 0 Å². The Hall–Kier alpha value is -1.57. The zero-order valence-electron chi connectivity index (χ0n) is 9.76. The second-order valence-electron chi connectivity index (χ2n) is 3.87. The van der Waals surface area contributed by atoms with Crippen LogP contribution in [0.4, 0.5) is 11.4 Å². The van der Waals surface area contributed by atoms with Crippen LogP contribution >= 0.6 is 0 Å². The fourth-order valence-corrected chi connectivity index (χ4v) is 5.66. The maximum Gasteiger partial charge on any atom is 0.232 e. The van der Waals surface area contributed by atoms with Crippen molar-refractivity contribution in [2.24, 2.45) is 0 Å². The molecule has 0 spiro atoms. The van der Waals surface area contributed by atoms with Crippen LogP contribution in [0.2, 0.25) is 0 Å². The van der Waals surface area contributed by atoms with Crippen molar-refractivity contribution in [2.75, 3.05) is 11.5 Å². The molecule has 0 amide bonds. The van der Waals surface area contributed by atoms with Gasteiger partial charge in [-0.2, -0.15) is 0 Å². The second kappa shape index (κ2) is 5.18. The highest BCUT2D eigenvalue weighted by Gasteiger charge is 2.19. The molecule has 0 aromatic heterocycles. The lowest BCUT2D eigenvalue weighted by Gasteiger charge is -2.18. The molecule has 4 N–H and O–H groups in total. The Morgan fingerprint density at radius 3 is 1.59 bits per heavy atom. The molecule has 0 fully saturated rings. The van der Waals surface area contributed by atoms with Crippen molar-refractivity contribution in [2.45, 2.75) is 0 Å². The maximum atomic E-state index is 6.01. The Labute approximate surface area is 106 Å². The Morgan fingerprint density at radius 1 is 0.824 bits per heavy atom. The molecular weight excluding hydrogens is 244 g/mol. The van der Waals surface area contributed by atoms with Crippen LogP contribution in [0.5, 0.6) is 0 Å². The van der Waals surface area contributed by atoms with E-state index in [-0.39, 0.29) is 0 Å². The number of benzene rings is 2. The molecule has 0 unspecified atom stereocenters. The molecule has 3 nitrogen and oxygen atoms in total. The molecule has 0 radical (unpaired) electrons. The lowest BCUT2D eigenvalue weighted by atomic mass is 10.3. The summed E-state index contributed by atoms with van der Waals surface area (Å²) in [5.41, 5.74) is 13.6. The highest BCUT2D eigenvalue weighted by atomic mass is 28.3. The van der Waals surface area contributed by atoms with Gasteiger partial charge in [-0.25, -0.2) is 0 Å². The normalized spacial score (nSPS) is 10.9. The third-order valence-electron chi connectivity index (χ3n) is 2.79. The van der Waals surface area contributed by atoms with Gasteiger partial charge in [0.1, 0.15) is 10.5 Å². The smallest absolute Gasteiger partial charge is 0.232 e. The minimum absolute atomic E-state index is 0.688. The van der Waals surface area contributed by atoms with Crippen molar-refractivity contribution in [3.8, 4) is 0 Å². The molecule has 0 bridgehead atoms. The zero-order valence-corrected chi connectivity index (χ0v) is 12.9. The average Bonchev–Trinajstić information content (AvgIpc) is 2.34. The van der Waals surface area contributed by atoms with E-state index in [1.807, 2.05) is 48.5 Å². The van der Waals surface area contributed by atoms with Crippen LogP contribution in [-0.2, 0) is 4.12 Å². The van der Waals surface area contributed by atoms with Gasteiger partial charge >= 0.3 is 0 Å². The molecular formula is C12H16N2OSi2. The minimum Gasteiger partial charge on any atom is -0.459 e. The predicted octanol–water partition coefficient (Wildman–Crippen LogP) is -1.01. The minimum atomic E-state index is -1.70. The monoisotopic (exact) mass is 260 g/mol. The van der Waals surface area contributed by atoms with E-state index in [4.69, 9.17) is 15.6 Å². The SMILES string of the molecule is Nc1ccccc1[SiH](O[SiH3])c1ccccc1N. The topological polar surface area (TPSA) is 61.3 Å². The Bertz CT molecular complexity index is 474. The number of nitrogens with two attached hydrogens (primary N) is 2. The summed E-state index contributed by atoms with van der Waals surface area (Å²) in [6, 6.07) is 15.8. The average molecular weight is 260 g/mol. The first-order chi connectivity index (χ1) is 8.24. The quantitative estimate of drug-likeness (QED) is 0.549. The fraction of sp³-hybridized carbons (Fsp3) is 0. The number of nitrogen functional groups attached to an aromatic ring is 2. The molecule has 0 aliphatic heterocycles. The Kier molecular flexibility index (Phi) is 3.62. The van der Waals surface area contributed by atoms with E-state index in [0.29, 0.717) is 10.5 Å². The molecule has 0 atom stereocenters. The molecule has 0 aliphatic carbocycles. The van der Waals surface area contributed by atoms with Gasteiger partial charge in [0, 0.05) is 11.4 Å². The first-order valence-electron chi connectivity index (χ1n) is 5.45. The molecule has 0 heterocycles. The summed E-state index contributed by atoms with van der Waals surface area (Å²) >= 11 is 0. The number of para-hydroxylation sites is 2. The first-order valence-corrected chi connectivity index (χ1v) is 7.90. The highest BCUT2D eigenvalue weighted by molar-refractivity contribution is 6.84. The Morgan fingerprint density at radius 2 is 1.24 bits per heavy atom. The molecule has 0 saturated heterocycles. The zero-order chi connectivity index (χ0) is 12.3. The van der Waals surface area contributed by atoms with Crippen LogP contribution in [0.15, 0.2) is 48.5 Å². The number of rotatable bonds is 3. The fourth-order valence-electron chi connectivity index (χ4n) is 1.92. The summed E-state index contributed by atoms with van der Waals surface area (Å²) < 4.78 is 5.80. The van der Waals surface area contributed by atoms with Gasteiger partial charge < -0.3 is 15.6 Å². The molecule has 5 heteroatoms. The molecule has 0 saturated carbocycles. The molecule has 17 heavy (non-hydrogen) atoms. The van der Waals surface area contributed by atoms with Gasteiger partial charge in [-0.1, -0.05) is 36.4 Å². The van der Waals surface area contributed by atoms with Crippen molar-refractivity contribution < 1.29 is 4.12 Å². The van der Waals surface area contributed by atoms with Crippen LogP contribution in [0.1, 0.15) is 0 Å². The van der Waals surface area contributed by atoms with Crippen LogP contribution in [0, 0.1) is 0 Å². The third kappa shape index (κ3) is 2.41. The van der Waals surface area contributed by atoms with Gasteiger partial charge in [0.15, 0.2) is 0 Å². The van der Waals surface area contributed by atoms with Crippen molar-refractivity contribution in [1.82, 2.24) is 0 Å². The lowest BCUT2D eigenvalue weighted by molar-refractivity contribution is 0.661. The molecule has 88 valence electrons. The number of hydrogen-bond acceptors (Lipinski definition) is 3. The van der Waals surface area contributed by atoms with Crippen molar-refractivity contribution >= 4 is 41.3 Å². The van der Waals surface area contributed by atoms with Crippen molar-refractivity contribution in [3.05, 3.63) is 48.5 Å². The summed E-state index contributed by atoms with van der Waals surface area (Å²) in [7, 11) is -1.01. The van der Waals surface area contributed by atoms with E-state index in [0.717, 1.165) is 21.7 Å².